The zero-order valence-electron chi connectivity index (χ0n) is 8.21. The van der Waals surface area contributed by atoms with Gasteiger partial charge in [0.15, 0.2) is 0 Å². The van der Waals surface area contributed by atoms with Gasteiger partial charge in [-0.15, -0.1) is 0 Å². The number of carboxylic acids is 1. The molecule has 2 aliphatic heterocycles. The van der Waals surface area contributed by atoms with Crippen LogP contribution in [0.25, 0.3) is 0 Å². The zero-order valence-corrected chi connectivity index (χ0v) is 8.21. The molecular formula is C9H13F2NO3. The van der Waals surface area contributed by atoms with Crippen molar-refractivity contribution in [3.63, 3.8) is 0 Å². The van der Waals surface area contributed by atoms with Gasteiger partial charge >= 0.3 is 5.97 Å². The van der Waals surface area contributed by atoms with Gasteiger partial charge in [0.05, 0.1) is 19.8 Å². The highest BCUT2D eigenvalue weighted by Gasteiger charge is 2.50. The largest absolute Gasteiger partial charge is 0.481 e. The Bertz CT molecular complexity index is 279. The molecule has 2 aliphatic rings. The Labute approximate surface area is 85.8 Å². The number of ether oxygens (including phenoxy) is 1. The van der Waals surface area contributed by atoms with Crippen molar-refractivity contribution in [1.82, 2.24) is 4.90 Å². The Morgan fingerprint density at radius 1 is 1.47 bits per heavy atom. The Kier molecular flexibility index (Phi) is 2.42. The van der Waals surface area contributed by atoms with E-state index < -0.39 is 17.3 Å². The molecule has 1 N–H and O–H groups in total. The molecule has 0 saturated carbocycles. The second-order valence-corrected chi connectivity index (χ2v) is 4.39. The molecule has 2 heterocycles. The van der Waals surface area contributed by atoms with Crippen molar-refractivity contribution in [3.8, 4) is 0 Å². The fourth-order valence-corrected chi connectivity index (χ4v) is 2.00. The first-order valence-corrected chi connectivity index (χ1v) is 4.85. The van der Waals surface area contributed by atoms with E-state index in [2.05, 4.69) is 0 Å². The summed E-state index contributed by atoms with van der Waals surface area (Å²) in [6.45, 7) is 0.358. The quantitative estimate of drug-likeness (QED) is 0.750. The molecule has 2 rings (SSSR count). The summed E-state index contributed by atoms with van der Waals surface area (Å²) in [6.07, 6.45) is -0.177. The van der Waals surface area contributed by atoms with Crippen molar-refractivity contribution in [2.45, 2.75) is 12.3 Å². The SMILES string of the molecule is O=C(O)C1(CN2CCC(F)(F)C2)COC1. The van der Waals surface area contributed by atoms with E-state index in [1.807, 2.05) is 0 Å². The van der Waals surface area contributed by atoms with Crippen LogP contribution < -0.4 is 0 Å². The van der Waals surface area contributed by atoms with Crippen LogP contribution in [0, 0.1) is 5.41 Å². The topological polar surface area (TPSA) is 49.8 Å². The summed E-state index contributed by atoms with van der Waals surface area (Å²) in [6, 6.07) is 0. The van der Waals surface area contributed by atoms with Crippen LogP contribution in [0.5, 0.6) is 0 Å². The van der Waals surface area contributed by atoms with E-state index in [4.69, 9.17) is 9.84 Å². The Balaban J connectivity index is 1.94. The molecule has 4 nitrogen and oxygen atoms in total. The third kappa shape index (κ3) is 1.96. The van der Waals surface area contributed by atoms with Crippen LogP contribution in [-0.2, 0) is 9.53 Å². The van der Waals surface area contributed by atoms with Crippen LogP contribution in [0.3, 0.4) is 0 Å². The first-order chi connectivity index (χ1) is 6.94. The minimum Gasteiger partial charge on any atom is -0.481 e. The average molecular weight is 221 g/mol. The number of likely N-dealkylation sites (tertiary alicyclic amines) is 1. The van der Waals surface area contributed by atoms with Crippen LogP contribution in [0.2, 0.25) is 0 Å². The molecule has 0 bridgehead atoms. The first kappa shape index (κ1) is 10.8. The van der Waals surface area contributed by atoms with Crippen molar-refractivity contribution in [1.29, 1.82) is 0 Å². The van der Waals surface area contributed by atoms with Gasteiger partial charge in [-0.3, -0.25) is 9.69 Å². The molecule has 2 fully saturated rings. The van der Waals surface area contributed by atoms with Gasteiger partial charge in [-0.25, -0.2) is 8.78 Å². The molecule has 0 amide bonds. The molecule has 0 spiro atoms. The molecule has 2 saturated heterocycles. The number of alkyl halides is 2. The number of rotatable bonds is 3. The molecule has 0 aromatic rings. The number of aliphatic carboxylic acids is 1. The van der Waals surface area contributed by atoms with Crippen molar-refractivity contribution >= 4 is 5.97 Å². The standard InChI is InChI=1S/C9H13F2NO3/c10-9(11)1-2-12(4-9)3-8(7(13)14)5-15-6-8/h1-6H2,(H,13,14). The maximum absolute atomic E-state index is 12.9. The van der Waals surface area contributed by atoms with Gasteiger partial charge in [0.2, 0.25) is 0 Å². The lowest BCUT2D eigenvalue weighted by Crippen LogP contribution is -2.55. The Morgan fingerprint density at radius 3 is 2.47 bits per heavy atom. The molecule has 0 aromatic carbocycles. The Morgan fingerprint density at radius 2 is 2.13 bits per heavy atom. The lowest BCUT2D eigenvalue weighted by Gasteiger charge is -2.39. The van der Waals surface area contributed by atoms with Gasteiger partial charge in [-0.2, -0.15) is 0 Å². The third-order valence-electron chi connectivity index (χ3n) is 2.99. The monoisotopic (exact) mass is 221 g/mol. The number of hydrogen-bond donors (Lipinski definition) is 1. The Hall–Kier alpha value is -0.750. The fraction of sp³-hybridized carbons (Fsp3) is 0.889. The van der Waals surface area contributed by atoms with Crippen molar-refractivity contribution in [2.75, 3.05) is 32.8 Å². The van der Waals surface area contributed by atoms with Crippen molar-refractivity contribution < 1.29 is 23.4 Å². The molecular weight excluding hydrogens is 208 g/mol. The summed E-state index contributed by atoms with van der Waals surface area (Å²) < 4.78 is 30.6. The molecule has 6 heteroatoms. The van der Waals surface area contributed by atoms with Crippen molar-refractivity contribution in [3.05, 3.63) is 0 Å². The number of hydrogen-bond acceptors (Lipinski definition) is 3. The molecule has 0 unspecified atom stereocenters. The maximum atomic E-state index is 12.9. The molecule has 0 aromatic heterocycles. The number of carboxylic acid groups (broad SMARTS) is 1. The average Bonchev–Trinajstić information content (AvgIpc) is 2.37. The summed E-state index contributed by atoms with van der Waals surface area (Å²) in [5.74, 6) is -3.62. The van der Waals surface area contributed by atoms with E-state index >= 15 is 0 Å². The zero-order chi connectivity index (χ0) is 11.1. The summed E-state index contributed by atoms with van der Waals surface area (Å²) >= 11 is 0. The molecule has 15 heavy (non-hydrogen) atoms. The van der Waals surface area contributed by atoms with Crippen LogP contribution in [0.15, 0.2) is 0 Å². The summed E-state index contributed by atoms with van der Waals surface area (Å²) in [5.41, 5.74) is -0.958. The lowest BCUT2D eigenvalue weighted by atomic mass is 9.85. The number of carbonyl (C=O) groups is 1. The maximum Gasteiger partial charge on any atom is 0.315 e. The van der Waals surface area contributed by atoms with Gasteiger partial charge in [0, 0.05) is 19.5 Å². The van der Waals surface area contributed by atoms with E-state index in [1.54, 1.807) is 0 Å². The van der Waals surface area contributed by atoms with Crippen molar-refractivity contribution in [2.24, 2.45) is 5.41 Å². The lowest BCUT2D eigenvalue weighted by molar-refractivity contribution is -0.183. The van der Waals surface area contributed by atoms with Gasteiger partial charge in [-0.1, -0.05) is 0 Å². The van der Waals surface area contributed by atoms with E-state index in [0.29, 0.717) is 0 Å². The predicted molar refractivity (Wildman–Crippen MR) is 46.9 cm³/mol. The summed E-state index contributed by atoms with van der Waals surface area (Å²) in [4.78, 5) is 12.5. The highest BCUT2D eigenvalue weighted by atomic mass is 19.3. The minimum absolute atomic E-state index is 0.129. The van der Waals surface area contributed by atoms with E-state index in [9.17, 15) is 13.6 Å². The van der Waals surface area contributed by atoms with Crippen LogP contribution in [0.1, 0.15) is 6.42 Å². The number of nitrogens with zero attached hydrogens (tertiary/aromatic N) is 1. The second-order valence-electron chi connectivity index (χ2n) is 4.39. The van der Waals surface area contributed by atoms with E-state index in [0.717, 1.165) is 0 Å². The highest BCUT2D eigenvalue weighted by molar-refractivity contribution is 5.76. The number of halogens is 2. The predicted octanol–water partition coefficient (Wildman–Crippen LogP) is 0.429. The summed E-state index contributed by atoms with van der Waals surface area (Å²) in [7, 11) is 0. The van der Waals surface area contributed by atoms with Crippen LogP contribution in [-0.4, -0.2) is 54.7 Å². The van der Waals surface area contributed by atoms with Gasteiger partial charge in [0.1, 0.15) is 5.41 Å². The molecule has 0 aliphatic carbocycles. The van der Waals surface area contributed by atoms with Gasteiger partial charge in [-0.05, 0) is 0 Å². The molecule has 0 atom stereocenters. The van der Waals surface area contributed by atoms with E-state index in [1.165, 1.54) is 4.90 Å². The smallest absolute Gasteiger partial charge is 0.315 e. The van der Waals surface area contributed by atoms with E-state index in [-0.39, 0.29) is 39.3 Å². The van der Waals surface area contributed by atoms with Crippen LogP contribution >= 0.6 is 0 Å². The normalized spacial score (nSPS) is 28.7. The third-order valence-corrected chi connectivity index (χ3v) is 2.99. The van der Waals surface area contributed by atoms with Gasteiger partial charge < -0.3 is 9.84 Å². The van der Waals surface area contributed by atoms with Crippen LogP contribution in [0.4, 0.5) is 8.78 Å². The fourth-order valence-electron chi connectivity index (χ4n) is 2.00. The minimum atomic E-state index is -2.66. The van der Waals surface area contributed by atoms with Gasteiger partial charge in [0.25, 0.3) is 5.92 Å². The highest BCUT2D eigenvalue weighted by Crippen LogP contribution is 2.33. The summed E-state index contributed by atoms with van der Waals surface area (Å²) in [5, 5.41) is 8.98. The molecule has 0 radical (unpaired) electrons. The first-order valence-electron chi connectivity index (χ1n) is 4.85. The molecule has 86 valence electrons. The second kappa shape index (κ2) is 3.38.